The van der Waals surface area contributed by atoms with Gasteiger partial charge in [-0.15, -0.1) is 0 Å². The number of unbranched alkanes of at least 4 members (excludes halogenated alkanes) is 3. The van der Waals surface area contributed by atoms with Crippen LogP contribution in [0.3, 0.4) is 0 Å². The Labute approximate surface area is 123 Å². The van der Waals surface area contributed by atoms with E-state index in [1.807, 2.05) is 0 Å². The smallest absolute Gasteiger partial charge is 0.228 e. The summed E-state index contributed by atoms with van der Waals surface area (Å²) in [5.41, 5.74) is 0.714. The molecule has 1 aromatic carbocycles. The molecule has 0 spiro atoms. The van der Waals surface area contributed by atoms with Crippen LogP contribution in [0.5, 0.6) is 0 Å². The lowest BCUT2D eigenvalue weighted by molar-refractivity contribution is 0.0879. The molecule has 0 atom stereocenters. The molecule has 0 N–H and O–H groups in total. The van der Waals surface area contributed by atoms with E-state index in [9.17, 15) is 9.59 Å². The first-order valence-electron chi connectivity index (χ1n) is 6.86. The third kappa shape index (κ3) is 3.28. The number of rotatable bonds is 6. The SMILES string of the molecule is CCCCCCOC1=CC(=O)c2cc(Cl)ccc2C1=O. The first-order valence-corrected chi connectivity index (χ1v) is 7.24. The van der Waals surface area contributed by atoms with E-state index in [2.05, 4.69) is 6.92 Å². The Morgan fingerprint density at radius 3 is 2.65 bits per heavy atom. The van der Waals surface area contributed by atoms with Crippen molar-refractivity contribution < 1.29 is 14.3 Å². The fourth-order valence-electron chi connectivity index (χ4n) is 2.13. The Bertz CT molecular complexity index is 561. The van der Waals surface area contributed by atoms with E-state index in [-0.39, 0.29) is 17.3 Å². The van der Waals surface area contributed by atoms with Gasteiger partial charge in [0, 0.05) is 22.2 Å². The number of hydrogen-bond acceptors (Lipinski definition) is 3. The Balaban J connectivity index is 2.05. The van der Waals surface area contributed by atoms with Crippen LogP contribution in [0.15, 0.2) is 30.0 Å². The van der Waals surface area contributed by atoms with E-state index in [1.165, 1.54) is 12.1 Å². The van der Waals surface area contributed by atoms with Gasteiger partial charge >= 0.3 is 0 Å². The molecular weight excluding hydrogens is 276 g/mol. The fraction of sp³-hybridized carbons (Fsp3) is 0.375. The zero-order valence-corrected chi connectivity index (χ0v) is 12.2. The highest BCUT2D eigenvalue weighted by Crippen LogP contribution is 2.25. The van der Waals surface area contributed by atoms with Crippen molar-refractivity contribution in [2.75, 3.05) is 6.61 Å². The van der Waals surface area contributed by atoms with E-state index in [4.69, 9.17) is 16.3 Å². The summed E-state index contributed by atoms with van der Waals surface area (Å²) in [5, 5.41) is 0.447. The Kier molecular flexibility index (Phi) is 4.96. The monoisotopic (exact) mass is 292 g/mol. The number of ether oxygens (including phenoxy) is 1. The van der Waals surface area contributed by atoms with Crippen molar-refractivity contribution in [1.82, 2.24) is 0 Å². The third-order valence-electron chi connectivity index (χ3n) is 3.23. The number of halogens is 1. The molecule has 1 aromatic rings. The number of benzene rings is 1. The largest absolute Gasteiger partial charge is 0.489 e. The van der Waals surface area contributed by atoms with Crippen LogP contribution >= 0.6 is 11.6 Å². The lowest BCUT2D eigenvalue weighted by atomic mass is 9.94. The van der Waals surface area contributed by atoms with Gasteiger partial charge in [0.25, 0.3) is 0 Å². The second-order valence-corrected chi connectivity index (χ2v) is 5.24. The number of allylic oxidation sites excluding steroid dienone is 2. The highest BCUT2D eigenvalue weighted by Gasteiger charge is 2.26. The summed E-state index contributed by atoms with van der Waals surface area (Å²) < 4.78 is 5.46. The maximum Gasteiger partial charge on any atom is 0.228 e. The summed E-state index contributed by atoms with van der Waals surface area (Å²) in [6, 6.07) is 4.70. The zero-order chi connectivity index (χ0) is 14.5. The van der Waals surface area contributed by atoms with Crippen molar-refractivity contribution >= 4 is 23.2 Å². The number of fused-ring (bicyclic) bond motifs is 1. The highest BCUT2D eigenvalue weighted by molar-refractivity contribution is 6.32. The highest BCUT2D eigenvalue weighted by atomic mass is 35.5. The van der Waals surface area contributed by atoms with Crippen molar-refractivity contribution in [3.8, 4) is 0 Å². The second kappa shape index (κ2) is 6.71. The normalized spacial score (nSPS) is 14.0. The molecule has 0 saturated carbocycles. The molecule has 0 aromatic heterocycles. The third-order valence-corrected chi connectivity index (χ3v) is 3.47. The Hall–Kier alpha value is -1.61. The molecule has 106 valence electrons. The van der Waals surface area contributed by atoms with E-state index in [1.54, 1.807) is 12.1 Å². The second-order valence-electron chi connectivity index (χ2n) is 4.80. The molecule has 1 aliphatic rings. The van der Waals surface area contributed by atoms with Crippen molar-refractivity contribution in [3.05, 3.63) is 46.2 Å². The molecule has 0 bridgehead atoms. The van der Waals surface area contributed by atoms with Crippen molar-refractivity contribution in [3.63, 3.8) is 0 Å². The molecular formula is C16H17ClO3. The van der Waals surface area contributed by atoms with Gasteiger partial charge in [-0.2, -0.15) is 0 Å². The summed E-state index contributed by atoms with van der Waals surface area (Å²) in [4.78, 5) is 24.2. The molecule has 0 radical (unpaired) electrons. The number of ketones is 2. The molecule has 1 aliphatic carbocycles. The first-order chi connectivity index (χ1) is 9.63. The topological polar surface area (TPSA) is 43.4 Å². The predicted octanol–water partition coefficient (Wildman–Crippen LogP) is 4.20. The minimum atomic E-state index is -0.244. The van der Waals surface area contributed by atoms with Gasteiger partial charge < -0.3 is 4.74 Å². The Morgan fingerprint density at radius 2 is 1.90 bits per heavy atom. The lowest BCUT2D eigenvalue weighted by Gasteiger charge is -2.16. The summed E-state index contributed by atoms with van der Waals surface area (Å²) in [5.74, 6) is -0.335. The summed E-state index contributed by atoms with van der Waals surface area (Å²) in [6.45, 7) is 2.60. The minimum absolute atomic E-state index is 0.140. The zero-order valence-electron chi connectivity index (χ0n) is 11.4. The van der Waals surface area contributed by atoms with Crippen LogP contribution in [-0.4, -0.2) is 18.2 Å². The van der Waals surface area contributed by atoms with Crippen LogP contribution in [0.25, 0.3) is 0 Å². The van der Waals surface area contributed by atoms with Crippen molar-refractivity contribution in [2.24, 2.45) is 0 Å². The van der Waals surface area contributed by atoms with Gasteiger partial charge in [0.1, 0.15) is 0 Å². The molecule has 2 rings (SSSR count). The molecule has 0 aliphatic heterocycles. The number of hydrogen-bond donors (Lipinski definition) is 0. The predicted molar refractivity (Wildman–Crippen MR) is 78.3 cm³/mol. The maximum atomic E-state index is 12.2. The van der Waals surface area contributed by atoms with Gasteiger partial charge in [0.2, 0.25) is 5.78 Å². The maximum absolute atomic E-state index is 12.2. The van der Waals surface area contributed by atoms with E-state index < -0.39 is 0 Å². The van der Waals surface area contributed by atoms with Gasteiger partial charge in [-0.1, -0.05) is 37.8 Å². The lowest BCUT2D eigenvalue weighted by Crippen LogP contribution is -2.19. The van der Waals surface area contributed by atoms with Gasteiger partial charge in [-0.3, -0.25) is 9.59 Å². The van der Waals surface area contributed by atoms with Crippen LogP contribution in [0, 0.1) is 0 Å². The number of Topliss-reactive ketones (excluding diaryl/α,β-unsaturated/α-hetero) is 1. The van der Waals surface area contributed by atoms with E-state index in [0.29, 0.717) is 22.8 Å². The molecule has 20 heavy (non-hydrogen) atoms. The average molecular weight is 293 g/mol. The van der Waals surface area contributed by atoms with E-state index in [0.717, 1.165) is 25.7 Å². The van der Waals surface area contributed by atoms with Gasteiger partial charge in [0.05, 0.1) is 6.61 Å². The number of carbonyl (C=O) groups excluding carboxylic acids is 2. The first kappa shape index (κ1) is 14.8. The van der Waals surface area contributed by atoms with Crippen molar-refractivity contribution in [1.29, 1.82) is 0 Å². The summed E-state index contributed by atoms with van der Waals surface area (Å²) >= 11 is 5.84. The van der Waals surface area contributed by atoms with Crippen LogP contribution in [-0.2, 0) is 4.74 Å². The summed E-state index contributed by atoms with van der Waals surface area (Å²) in [6.07, 6.45) is 5.52. The quantitative estimate of drug-likeness (QED) is 0.738. The minimum Gasteiger partial charge on any atom is -0.489 e. The van der Waals surface area contributed by atoms with Crippen LogP contribution < -0.4 is 0 Å². The van der Waals surface area contributed by atoms with E-state index >= 15 is 0 Å². The molecule has 0 amide bonds. The molecule has 4 heteroatoms. The van der Waals surface area contributed by atoms with Gasteiger partial charge in [0.15, 0.2) is 11.5 Å². The molecule has 3 nitrogen and oxygen atoms in total. The molecule has 0 fully saturated rings. The average Bonchev–Trinajstić information content (AvgIpc) is 2.43. The van der Waals surface area contributed by atoms with Crippen LogP contribution in [0.2, 0.25) is 5.02 Å². The van der Waals surface area contributed by atoms with Crippen molar-refractivity contribution in [2.45, 2.75) is 32.6 Å². The number of carbonyl (C=O) groups is 2. The molecule has 0 unspecified atom stereocenters. The Morgan fingerprint density at radius 1 is 1.10 bits per heavy atom. The van der Waals surface area contributed by atoms with Crippen LogP contribution in [0.4, 0.5) is 0 Å². The standard InChI is InChI=1S/C16H17ClO3/c1-2-3-4-5-8-20-15-10-14(18)13-9-11(17)6-7-12(13)16(15)19/h6-7,9-10H,2-5,8H2,1H3. The fourth-order valence-corrected chi connectivity index (χ4v) is 2.30. The molecule has 0 saturated heterocycles. The van der Waals surface area contributed by atoms with Crippen LogP contribution in [0.1, 0.15) is 53.3 Å². The van der Waals surface area contributed by atoms with Gasteiger partial charge in [-0.25, -0.2) is 0 Å². The van der Waals surface area contributed by atoms with Gasteiger partial charge in [-0.05, 0) is 24.6 Å². The molecule has 0 heterocycles. The summed E-state index contributed by atoms with van der Waals surface area (Å²) in [7, 11) is 0.